The van der Waals surface area contributed by atoms with Crippen LogP contribution in [0.5, 0.6) is 0 Å². The molecular formula is C24H19N3OS. The highest BCUT2D eigenvalue weighted by atomic mass is 32.2. The molecule has 0 unspecified atom stereocenters. The maximum Gasteiger partial charge on any atom is 0.256 e. The Morgan fingerprint density at radius 2 is 1.48 bits per heavy atom. The SMILES string of the molecule is O=C(Nc1c2c(nn1-c1ccccc1)CSC2)c1ccc(-c2ccccc2)cc1. The van der Waals surface area contributed by atoms with Crippen molar-refractivity contribution in [3.05, 3.63) is 102 Å². The standard InChI is InChI=1S/C24H19N3OS/c28-24(19-13-11-18(12-14-19)17-7-3-1-4-8-17)25-23-21-15-29-16-22(21)26-27(23)20-9-5-2-6-10-20/h1-14H,15-16H2,(H,25,28). The monoisotopic (exact) mass is 397 g/mol. The highest BCUT2D eigenvalue weighted by Gasteiger charge is 2.25. The number of carbonyl (C=O) groups excluding carboxylic acids is 1. The molecule has 1 aliphatic heterocycles. The first-order chi connectivity index (χ1) is 14.3. The van der Waals surface area contributed by atoms with Crippen LogP contribution >= 0.6 is 11.8 Å². The second-order valence-electron chi connectivity index (χ2n) is 6.91. The molecule has 142 valence electrons. The van der Waals surface area contributed by atoms with Gasteiger partial charge < -0.3 is 5.32 Å². The van der Waals surface area contributed by atoms with Gasteiger partial charge in [-0.2, -0.15) is 16.9 Å². The summed E-state index contributed by atoms with van der Waals surface area (Å²) < 4.78 is 1.85. The number of rotatable bonds is 4. The van der Waals surface area contributed by atoms with Gasteiger partial charge in [-0.3, -0.25) is 4.79 Å². The Morgan fingerprint density at radius 1 is 0.828 bits per heavy atom. The van der Waals surface area contributed by atoms with E-state index in [-0.39, 0.29) is 5.91 Å². The van der Waals surface area contributed by atoms with Gasteiger partial charge >= 0.3 is 0 Å². The van der Waals surface area contributed by atoms with E-state index >= 15 is 0 Å². The van der Waals surface area contributed by atoms with Gasteiger partial charge in [-0.05, 0) is 35.4 Å². The third-order valence-corrected chi connectivity index (χ3v) is 6.01. The van der Waals surface area contributed by atoms with Crippen LogP contribution in [0.2, 0.25) is 0 Å². The normalized spacial score (nSPS) is 12.6. The topological polar surface area (TPSA) is 46.9 Å². The van der Waals surface area contributed by atoms with Crippen LogP contribution in [-0.4, -0.2) is 15.7 Å². The second kappa shape index (κ2) is 7.60. The van der Waals surface area contributed by atoms with Crippen molar-refractivity contribution >= 4 is 23.5 Å². The number of para-hydroxylation sites is 1. The fraction of sp³-hybridized carbons (Fsp3) is 0.0833. The van der Waals surface area contributed by atoms with Crippen LogP contribution in [0.25, 0.3) is 16.8 Å². The summed E-state index contributed by atoms with van der Waals surface area (Å²) in [7, 11) is 0. The molecule has 3 aromatic carbocycles. The van der Waals surface area contributed by atoms with Crippen LogP contribution in [0.3, 0.4) is 0 Å². The minimum absolute atomic E-state index is 0.124. The first-order valence-electron chi connectivity index (χ1n) is 9.50. The van der Waals surface area contributed by atoms with E-state index in [0.29, 0.717) is 5.56 Å². The minimum Gasteiger partial charge on any atom is -0.306 e. The molecule has 0 bridgehead atoms. The van der Waals surface area contributed by atoms with Crippen molar-refractivity contribution in [3.63, 3.8) is 0 Å². The molecule has 1 aliphatic rings. The number of thioether (sulfide) groups is 1. The Bertz CT molecular complexity index is 1150. The molecule has 4 aromatic rings. The van der Waals surface area contributed by atoms with E-state index in [0.717, 1.165) is 45.4 Å². The molecular weight excluding hydrogens is 378 g/mol. The van der Waals surface area contributed by atoms with Crippen molar-refractivity contribution in [2.24, 2.45) is 0 Å². The summed E-state index contributed by atoms with van der Waals surface area (Å²) in [6.45, 7) is 0. The summed E-state index contributed by atoms with van der Waals surface area (Å²) in [6.07, 6.45) is 0. The average molecular weight is 398 g/mol. The number of anilines is 1. The van der Waals surface area contributed by atoms with Gasteiger partial charge in [-0.25, -0.2) is 4.68 Å². The van der Waals surface area contributed by atoms with E-state index in [1.54, 1.807) is 0 Å². The quantitative estimate of drug-likeness (QED) is 0.492. The van der Waals surface area contributed by atoms with Gasteiger partial charge in [0.15, 0.2) is 0 Å². The van der Waals surface area contributed by atoms with Gasteiger partial charge in [-0.15, -0.1) is 0 Å². The minimum atomic E-state index is -0.124. The highest BCUT2D eigenvalue weighted by Crippen LogP contribution is 2.36. The van der Waals surface area contributed by atoms with Crippen molar-refractivity contribution < 1.29 is 4.79 Å². The maximum absolute atomic E-state index is 13.0. The van der Waals surface area contributed by atoms with Crippen molar-refractivity contribution in [3.8, 4) is 16.8 Å². The predicted molar refractivity (Wildman–Crippen MR) is 118 cm³/mol. The summed E-state index contributed by atoms with van der Waals surface area (Å²) in [5, 5.41) is 7.86. The van der Waals surface area contributed by atoms with Gasteiger partial charge in [-0.1, -0.05) is 60.7 Å². The molecule has 5 heteroatoms. The lowest BCUT2D eigenvalue weighted by Gasteiger charge is -2.11. The lowest BCUT2D eigenvalue weighted by molar-refractivity contribution is 0.102. The van der Waals surface area contributed by atoms with Crippen molar-refractivity contribution in [2.45, 2.75) is 11.5 Å². The van der Waals surface area contributed by atoms with Gasteiger partial charge in [0, 0.05) is 22.6 Å². The van der Waals surface area contributed by atoms with Crippen molar-refractivity contribution in [1.29, 1.82) is 0 Å². The maximum atomic E-state index is 13.0. The molecule has 0 fully saturated rings. The Hall–Kier alpha value is -3.31. The molecule has 5 rings (SSSR count). The predicted octanol–water partition coefficient (Wildman–Crippen LogP) is 5.54. The number of nitrogens with one attached hydrogen (secondary N) is 1. The molecule has 2 heterocycles. The third kappa shape index (κ3) is 3.45. The van der Waals surface area contributed by atoms with Gasteiger partial charge in [0.2, 0.25) is 0 Å². The molecule has 1 aromatic heterocycles. The van der Waals surface area contributed by atoms with Crippen LogP contribution in [-0.2, 0) is 11.5 Å². The summed E-state index contributed by atoms with van der Waals surface area (Å²) in [5.74, 6) is 2.39. The lowest BCUT2D eigenvalue weighted by atomic mass is 10.0. The zero-order valence-corrected chi connectivity index (χ0v) is 16.5. The molecule has 0 radical (unpaired) electrons. The zero-order valence-electron chi connectivity index (χ0n) is 15.7. The number of amides is 1. The molecule has 29 heavy (non-hydrogen) atoms. The summed E-state index contributed by atoms with van der Waals surface area (Å²) >= 11 is 1.82. The van der Waals surface area contributed by atoms with Gasteiger partial charge in [0.05, 0.1) is 11.4 Å². The number of aromatic nitrogens is 2. The van der Waals surface area contributed by atoms with Crippen LogP contribution in [0, 0.1) is 0 Å². The molecule has 0 saturated heterocycles. The van der Waals surface area contributed by atoms with Crippen molar-refractivity contribution in [2.75, 3.05) is 5.32 Å². The number of hydrogen-bond donors (Lipinski definition) is 1. The number of carbonyl (C=O) groups is 1. The Kier molecular flexibility index (Phi) is 4.66. The van der Waals surface area contributed by atoms with Crippen LogP contribution in [0.1, 0.15) is 21.6 Å². The summed E-state index contributed by atoms with van der Waals surface area (Å²) in [5.41, 5.74) is 5.97. The second-order valence-corrected chi connectivity index (χ2v) is 7.90. The molecule has 4 nitrogen and oxygen atoms in total. The summed E-state index contributed by atoms with van der Waals surface area (Å²) in [6, 6.07) is 27.8. The molecule has 1 N–H and O–H groups in total. The van der Waals surface area contributed by atoms with E-state index in [4.69, 9.17) is 5.10 Å². The Balaban J connectivity index is 1.44. The van der Waals surface area contributed by atoms with Crippen LogP contribution < -0.4 is 5.32 Å². The van der Waals surface area contributed by atoms with Crippen LogP contribution in [0.15, 0.2) is 84.9 Å². The number of nitrogens with zero attached hydrogens (tertiary/aromatic N) is 2. The Morgan fingerprint density at radius 3 is 2.21 bits per heavy atom. The van der Waals surface area contributed by atoms with E-state index in [1.807, 2.05) is 89.2 Å². The lowest BCUT2D eigenvalue weighted by Crippen LogP contribution is -2.16. The third-order valence-electron chi connectivity index (χ3n) is 5.04. The smallest absolute Gasteiger partial charge is 0.256 e. The van der Waals surface area contributed by atoms with E-state index in [9.17, 15) is 4.79 Å². The zero-order chi connectivity index (χ0) is 19.6. The number of hydrogen-bond acceptors (Lipinski definition) is 3. The first kappa shape index (κ1) is 17.8. The Labute approximate surface area is 173 Å². The largest absolute Gasteiger partial charge is 0.306 e. The average Bonchev–Trinajstić information content (AvgIpc) is 3.38. The van der Waals surface area contributed by atoms with Crippen molar-refractivity contribution in [1.82, 2.24) is 9.78 Å². The van der Waals surface area contributed by atoms with E-state index in [1.165, 1.54) is 0 Å². The molecule has 0 aliphatic carbocycles. The fourth-order valence-electron chi connectivity index (χ4n) is 3.52. The molecule has 1 amide bonds. The van der Waals surface area contributed by atoms with Gasteiger partial charge in [0.1, 0.15) is 5.82 Å². The van der Waals surface area contributed by atoms with Crippen LogP contribution in [0.4, 0.5) is 5.82 Å². The molecule has 0 spiro atoms. The van der Waals surface area contributed by atoms with E-state index in [2.05, 4.69) is 17.4 Å². The molecule has 0 saturated carbocycles. The fourth-order valence-corrected chi connectivity index (χ4v) is 4.56. The highest BCUT2D eigenvalue weighted by molar-refractivity contribution is 7.98. The number of benzene rings is 3. The number of fused-ring (bicyclic) bond motifs is 1. The van der Waals surface area contributed by atoms with E-state index < -0.39 is 0 Å². The summed E-state index contributed by atoms with van der Waals surface area (Å²) in [4.78, 5) is 13.0. The molecule has 0 atom stereocenters. The first-order valence-corrected chi connectivity index (χ1v) is 10.7. The van der Waals surface area contributed by atoms with Gasteiger partial charge in [0.25, 0.3) is 5.91 Å².